The van der Waals surface area contributed by atoms with Gasteiger partial charge in [-0.3, -0.25) is 14.5 Å². The zero-order valence-corrected chi connectivity index (χ0v) is 27.1. The molecule has 2 amide bonds. The molecule has 0 unspecified atom stereocenters. The van der Waals surface area contributed by atoms with Gasteiger partial charge in [0, 0.05) is 21.3 Å². The summed E-state index contributed by atoms with van der Waals surface area (Å²) < 4.78 is 11.3. The van der Waals surface area contributed by atoms with Gasteiger partial charge in [0.1, 0.15) is 11.5 Å². The highest BCUT2D eigenvalue weighted by atomic mass is 35.5. The van der Waals surface area contributed by atoms with Crippen LogP contribution in [0.2, 0.25) is 10.0 Å². The molecule has 0 atom stereocenters. The summed E-state index contributed by atoms with van der Waals surface area (Å²) in [4.78, 5) is 28.0. The van der Waals surface area contributed by atoms with Gasteiger partial charge in [0.2, 0.25) is 0 Å². The van der Waals surface area contributed by atoms with Gasteiger partial charge in [-0.15, -0.1) is 5.10 Å². The van der Waals surface area contributed by atoms with Crippen LogP contribution in [-0.4, -0.2) is 34.7 Å². The molecule has 1 aliphatic heterocycles. The summed E-state index contributed by atoms with van der Waals surface area (Å²) in [5.74, 6) is 0.331. The van der Waals surface area contributed by atoms with E-state index in [1.54, 1.807) is 73.2 Å². The van der Waals surface area contributed by atoms with Crippen LogP contribution >= 0.6 is 35.0 Å². The highest BCUT2D eigenvalue weighted by molar-refractivity contribution is 8.18. The van der Waals surface area contributed by atoms with Crippen LogP contribution < -0.4 is 10.1 Å². The maximum atomic E-state index is 13.6. The molecule has 4 aromatic rings. The van der Waals surface area contributed by atoms with Crippen molar-refractivity contribution in [2.24, 2.45) is 10.2 Å². The molecule has 0 saturated carbocycles. The van der Waals surface area contributed by atoms with Crippen molar-refractivity contribution in [1.82, 2.24) is 4.90 Å². The van der Waals surface area contributed by atoms with Crippen LogP contribution in [-0.2, 0) is 21.5 Å². The molecular formula is C34H30Cl2N4O4S. The number of halogens is 2. The molecule has 3 aromatic carbocycles. The van der Waals surface area contributed by atoms with E-state index in [2.05, 4.69) is 48.4 Å². The summed E-state index contributed by atoms with van der Waals surface area (Å²) in [5, 5.41) is 12.8. The van der Waals surface area contributed by atoms with Crippen molar-refractivity contribution in [3.63, 3.8) is 0 Å². The Bertz CT molecular complexity index is 1760. The van der Waals surface area contributed by atoms with Crippen molar-refractivity contribution in [3.05, 3.63) is 123 Å². The molecule has 5 rings (SSSR count). The predicted molar refractivity (Wildman–Crippen MR) is 182 cm³/mol. The number of amidine groups is 1. The molecule has 0 radical (unpaired) electrons. The fraction of sp³-hybridized carbons (Fsp3) is 0.176. The lowest BCUT2D eigenvalue weighted by atomic mass is 9.87. The summed E-state index contributed by atoms with van der Waals surface area (Å²) in [6.45, 7) is 6.40. The molecule has 0 aliphatic carbocycles. The second kappa shape index (κ2) is 14.2. The van der Waals surface area contributed by atoms with E-state index in [-0.39, 0.29) is 30.4 Å². The van der Waals surface area contributed by atoms with Crippen molar-refractivity contribution in [3.8, 4) is 5.75 Å². The average molecular weight is 662 g/mol. The number of thioether (sulfide) groups is 1. The molecular weight excluding hydrogens is 631 g/mol. The van der Waals surface area contributed by atoms with Gasteiger partial charge in [0.25, 0.3) is 11.8 Å². The highest BCUT2D eigenvalue weighted by Crippen LogP contribution is 2.36. The molecule has 1 N–H and O–H groups in total. The Morgan fingerprint density at radius 2 is 1.76 bits per heavy atom. The number of anilines is 1. The third-order valence-electron chi connectivity index (χ3n) is 6.65. The molecule has 1 fully saturated rings. The number of benzene rings is 3. The van der Waals surface area contributed by atoms with Crippen molar-refractivity contribution in [2.75, 3.05) is 11.9 Å². The predicted octanol–water partition coefficient (Wildman–Crippen LogP) is 8.41. The molecule has 0 spiro atoms. The van der Waals surface area contributed by atoms with Crippen LogP contribution in [0.5, 0.6) is 5.75 Å². The van der Waals surface area contributed by atoms with Crippen LogP contribution in [0, 0.1) is 0 Å². The van der Waals surface area contributed by atoms with Crippen molar-refractivity contribution < 1.29 is 18.7 Å². The molecule has 230 valence electrons. The lowest BCUT2D eigenvalue weighted by Gasteiger charge is -2.18. The average Bonchev–Trinajstić information content (AvgIpc) is 3.62. The monoisotopic (exact) mass is 660 g/mol. The Labute approximate surface area is 275 Å². The number of carbonyl (C=O) groups is 2. The number of hydrogen-bond donors (Lipinski definition) is 1. The van der Waals surface area contributed by atoms with Gasteiger partial charge in [-0.05, 0) is 89.0 Å². The van der Waals surface area contributed by atoms with Gasteiger partial charge in [-0.1, -0.05) is 68.2 Å². The maximum absolute atomic E-state index is 13.6. The van der Waals surface area contributed by atoms with Crippen LogP contribution in [0.15, 0.2) is 105 Å². The normalized spacial score (nSPS) is 15.4. The van der Waals surface area contributed by atoms with Crippen LogP contribution in [0.3, 0.4) is 0 Å². The second-order valence-electron chi connectivity index (χ2n) is 11.1. The van der Waals surface area contributed by atoms with Crippen molar-refractivity contribution in [1.29, 1.82) is 0 Å². The Morgan fingerprint density at radius 3 is 2.44 bits per heavy atom. The Hall–Kier alpha value is -4.31. The first kappa shape index (κ1) is 32.1. The van der Waals surface area contributed by atoms with Gasteiger partial charge in [-0.2, -0.15) is 5.10 Å². The fourth-order valence-corrected chi connectivity index (χ4v) is 5.51. The summed E-state index contributed by atoms with van der Waals surface area (Å²) in [5.41, 5.74) is 3.26. The van der Waals surface area contributed by atoms with Gasteiger partial charge < -0.3 is 14.5 Å². The highest BCUT2D eigenvalue weighted by Gasteiger charge is 2.34. The summed E-state index contributed by atoms with van der Waals surface area (Å²) in [6, 6.07) is 23.4. The largest absolute Gasteiger partial charge is 0.483 e. The first-order valence-electron chi connectivity index (χ1n) is 14.0. The van der Waals surface area contributed by atoms with Crippen LogP contribution in [0.4, 0.5) is 5.69 Å². The lowest BCUT2D eigenvalue weighted by molar-refractivity contribution is -0.122. The summed E-state index contributed by atoms with van der Waals surface area (Å²) in [6.07, 6.45) is 4.86. The summed E-state index contributed by atoms with van der Waals surface area (Å²) >= 11 is 13.4. The van der Waals surface area contributed by atoms with Crippen molar-refractivity contribution in [2.45, 2.75) is 32.7 Å². The van der Waals surface area contributed by atoms with E-state index >= 15 is 0 Å². The number of amides is 2. The maximum Gasteiger partial charge on any atom is 0.267 e. The van der Waals surface area contributed by atoms with Gasteiger partial charge in [0.15, 0.2) is 11.8 Å². The third kappa shape index (κ3) is 8.66. The zero-order valence-electron chi connectivity index (χ0n) is 24.8. The topological polar surface area (TPSA) is 96.5 Å². The Morgan fingerprint density at radius 1 is 1.02 bits per heavy atom. The van der Waals surface area contributed by atoms with Gasteiger partial charge >= 0.3 is 0 Å². The second-order valence-corrected chi connectivity index (χ2v) is 13.0. The smallest absolute Gasteiger partial charge is 0.267 e. The summed E-state index contributed by atoms with van der Waals surface area (Å²) in [7, 11) is 0. The molecule has 1 saturated heterocycles. The van der Waals surface area contributed by atoms with E-state index < -0.39 is 0 Å². The van der Waals surface area contributed by atoms with E-state index in [0.717, 1.165) is 5.56 Å². The van der Waals surface area contributed by atoms with Gasteiger partial charge in [-0.25, -0.2) is 0 Å². The van der Waals surface area contributed by atoms with E-state index in [4.69, 9.17) is 32.4 Å². The van der Waals surface area contributed by atoms with E-state index in [1.807, 2.05) is 12.1 Å². The van der Waals surface area contributed by atoms with Crippen LogP contribution in [0.1, 0.15) is 43.2 Å². The zero-order chi connectivity index (χ0) is 32.0. The number of hydrogen-bond acceptors (Lipinski definition) is 7. The molecule has 1 aromatic heterocycles. The van der Waals surface area contributed by atoms with E-state index in [1.165, 1.54) is 22.2 Å². The Kier molecular flexibility index (Phi) is 10.1. The fourth-order valence-electron chi connectivity index (χ4n) is 4.27. The first-order valence-corrected chi connectivity index (χ1v) is 15.6. The molecule has 0 bridgehead atoms. The van der Waals surface area contributed by atoms with Gasteiger partial charge in [0.05, 0.1) is 23.9 Å². The number of carbonyl (C=O) groups excluding carboxylic acids is 2. The standard InChI is InChI=1S/C34H30Cl2N4O4S/c1-34(2,3)24-8-6-22(7-9-24)19-37-39-33-40(20-28-5-4-16-43-28)32(42)30(45-33)18-23-17-26(36)12-15-29(23)44-21-31(41)38-27-13-10-25(35)11-14-27/h4-19H,20-21H2,1-3H3,(H,38,41)/b30-18-,37-19+,39-33-. The van der Waals surface area contributed by atoms with Crippen molar-refractivity contribution >= 4 is 69.9 Å². The minimum Gasteiger partial charge on any atom is -0.483 e. The SMILES string of the molecule is CC(C)(C)c1ccc(/C=N/N=C2\S/C(=C\c3cc(Cl)ccc3OCC(=O)Nc3ccc(Cl)cc3)C(=O)N2Cc2ccco2)cc1. The third-order valence-corrected chi connectivity index (χ3v) is 8.14. The number of rotatable bonds is 9. The molecule has 45 heavy (non-hydrogen) atoms. The Balaban J connectivity index is 1.36. The molecule has 11 heteroatoms. The molecule has 2 heterocycles. The van der Waals surface area contributed by atoms with Crippen LogP contribution in [0.25, 0.3) is 6.08 Å². The number of nitrogens with one attached hydrogen (secondary N) is 1. The quantitative estimate of drug-likeness (QED) is 0.110. The molecule has 8 nitrogen and oxygen atoms in total. The lowest BCUT2D eigenvalue weighted by Crippen LogP contribution is -2.28. The van der Waals surface area contributed by atoms with E-state index in [0.29, 0.717) is 42.9 Å². The minimum atomic E-state index is -0.359. The first-order chi connectivity index (χ1) is 21.5. The molecule has 1 aliphatic rings. The number of ether oxygens (including phenoxy) is 1. The number of nitrogens with zero attached hydrogens (tertiary/aromatic N) is 3. The van der Waals surface area contributed by atoms with E-state index in [9.17, 15) is 9.59 Å². The number of furan rings is 1. The minimum absolute atomic E-state index is 0.0452.